The highest BCUT2D eigenvalue weighted by atomic mass is 31.2. The molecule has 2 atom stereocenters. The lowest BCUT2D eigenvalue weighted by Gasteiger charge is -2.19. The van der Waals surface area contributed by atoms with Crippen LogP contribution in [0.4, 0.5) is 0 Å². The van der Waals surface area contributed by atoms with Crippen LogP contribution < -0.4 is 5.73 Å². The van der Waals surface area contributed by atoms with Crippen molar-refractivity contribution < 1.29 is 37.6 Å². The van der Waals surface area contributed by atoms with Gasteiger partial charge in [0.1, 0.15) is 6.61 Å². The third-order valence-electron chi connectivity index (χ3n) is 9.34. The first-order valence-corrected chi connectivity index (χ1v) is 23.3. The minimum Gasteiger partial charge on any atom is -0.462 e. The summed E-state index contributed by atoms with van der Waals surface area (Å²) in [5.74, 6) is -0.831. The Labute approximate surface area is 325 Å². The molecule has 0 rings (SSSR count). The average molecular weight is 772 g/mol. The van der Waals surface area contributed by atoms with E-state index in [2.05, 4.69) is 38.2 Å². The van der Waals surface area contributed by atoms with Crippen molar-refractivity contribution in [3.8, 4) is 0 Å². The Morgan fingerprint density at radius 1 is 0.566 bits per heavy atom. The Balaban J connectivity index is 3.94. The maximum absolute atomic E-state index is 12.5. The number of hydrogen-bond donors (Lipinski definition) is 2. The number of carbonyl (C=O) groups excluding carboxylic acids is 2. The Kier molecular flexibility index (Phi) is 39.0. The molecule has 0 fully saturated rings. The van der Waals surface area contributed by atoms with Crippen molar-refractivity contribution >= 4 is 19.8 Å². The molecule has 0 amide bonds. The summed E-state index contributed by atoms with van der Waals surface area (Å²) in [7, 11) is -4.36. The fourth-order valence-corrected chi connectivity index (χ4v) is 6.84. The molecule has 3 N–H and O–H groups in total. The third-order valence-corrected chi connectivity index (χ3v) is 10.3. The van der Waals surface area contributed by atoms with Gasteiger partial charge in [0.2, 0.25) is 0 Å². The molecular weight excluding hydrogens is 689 g/mol. The molecule has 0 radical (unpaired) electrons. The zero-order valence-electron chi connectivity index (χ0n) is 34.3. The smallest absolute Gasteiger partial charge is 0.462 e. The summed E-state index contributed by atoms with van der Waals surface area (Å²) < 4.78 is 32.6. The summed E-state index contributed by atoms with van der Waals surface area (Å²) >= 11 is 0. The van der Waals surface area contributed by atoms with Crippen LogP contribution in [-0.2, 0) is 32.7 Å². The molecule has 0 aromatic heterocycles. The molecule has 0 aliphatic rings. The SMILES string of the molecule is CCCCCCC/C=C\C/C=C\CCCCCCCCCCCCCCCC(=O)OC(COC(=O)CCCCCCCCC)COP(=O)(O)OCCN. The van der Waals surface area contributed by atoms with Gasteiger partial charge in [-0.1, -0.05) is 173 Å². The van der Waals surface area contributed by atoms with Crippen LogP contribution >= 0.6 is 7.82 Å². The molecule has 0 aromatic carbocycles. The van der Waals surface area contributed by atoms with Gasteiger partial charge in [-0.05, 0) is 44.9 Å². The third kappa shape index (κ3) is 40.0. The second-order valence-corrected chi connectivity index (χ2v) is 16.0. The Bertz CT molecular complexity index is 928. The summed E-state index contributed by atoms with van der Waals surface area (Å²) in [4.78, 5) is 34.6. The number of hydrogen-bond acceptors (Lipinski definition) is 8. The van der Waals surface area contributed by atoms with Crippen LogP contribution in [0.5, 0.6) is 0 Å². The number of unbranched alkanes of at least 4 members (excludes halogenated alkanes) is 24. The second kappa shape index (κ2) is 40.2. The van der Waals surface area contributed by atoms with Crippen molar-refractivity contribution in [3.63, 3.8) is 0 Å². The zero-order valence-corrected chi connectivity index (χ0v) is 35.2. The Hall–Kier alpha value is -1.51. The van der Waals surface area contributed by atoms with Gasteiger partial charge in [-0.25, -0.2) is 4.57 Å². The van der Waals surface area contributed by atoms with Crippen molar-refractivity contribution in [2.24, 2.45) is 5.73 Å². The highest BCUT2D eigenvalue weighted by Crippen LogP contribution is 2.43. The van der Waals surface area contributed by atoms with E-state index >= 15 is 0 Å². The summed E-state index contributed by atoms with van der Waals surface area (Å²) in [6.45, 7) is 3.68. The molecule has 0 spiro atoms. The van der Waals surface area contributed by atoms with E-state index in [0.29, 0.717) is 6.42 Å². The maximum Gasteiger partial charge on any atom is 0.472 e. The van der Waals surface area contributed by atoms with Crippen molar-refractivity contribution in [1.29, 1.82) is 0 Å². The number of esters is 2. The van der Waals surface area contributed by atoms with E-state index in [-0.39, 0.29) is 38.6 Å². The van der Waals surface area contributed by atoms with Gasteiger partial charge in [-0.15, -0.1) is 0 Å². The topological polar surface area (TPSA) is 134 Å². The van der Waals surface area contributed by atoms with E-state index < -0.39 is 26.5 Å². The monoisotopic (exact) mass is 772 g/mol. The molecule has 0 saturated heterocycles. The van der Waals surface area contributed by atoms with Gasteiger partial charge >= 0.3 is 19.8 Å². The van der Waals surface area contributed by atoms with Crippen LogP contribution in [0.3, 0.4) is 0 Å². The highest BCUT2D eigenvalue weighted by Gasteiger charge is 2.26. The van der Waals surface area contributed by atoms with Gasteiger partial charge in [0.15, 0.2) is 6.10 Å². The minimum atomic E-state index is -4.36. The lowest BCUT2D eigenvalue weighted by Crippen LogP contribution is -2.29. The second-order valence-electron chi connectivity index (χ2n) is 14.6. The summed E-state index contributed by atoms with van der Waals surface area (Å²) in [6, 6.07) is 0. The highest BCUT2D eigenvalue weighted by molar-refractivity contribution is 7.47. The molecule has 53 heavy (non-hydrogen) atoms. The molecule has 0 saturated carbocycles. The van der Waals surface area contributed by atoms with E-state index in [0.717, 1.165) is 44.9 Å². The van der Waals surface area contributed by atoms with Crippen molar-refractivity contribution in [2.75, 3.05) is 26.4 Å². The lowest BCUT2D eigenvalue weighted by molar-refractivity contribution is -0.161. The first-order valence-electron chi connectivity index (χ1n) is 21.8. The maximum atomic E-state index is 12.5. The molecular formula is C43H82NO8P. The fraction of sp³-hybridized carbons (Fsp3) is 0.860. The van der Waals surface area contributed by atoms with Crippen molar-refractivity contribution in [3.05, 3.63) is 24.3 Å². The number of phosphoric acid groups is 1. The molecule has 0 bridgehead atoms. The van der Waals surface area contributed by atoms with Gasteiger partial charge in [0.05, 0.1) is 13.2 Å². The largest absolute Gasteiger partial charge is 0.472 e. The molecule has 0 aromatic rings. The average Bonchev–Trinajstić information content (AvgIpc) is 3.14. The first kappa shape index (κ1) is 51.5. The van der Waals surface area contributed by atoms with E-state index in [1.165, 1.54) is 128 Å². The number of allylic oxidation sites excluding steroid dienone is 4. The molecule has 2 unspecified atom stereocenters. The van der Waals surface area contributed by atoms with Crippen LogP contribution in [0.25, 0.3) is 0 Å². The van der Waals surface area contributed by atoms with Gasteiger partial charge in [0.25, 0.3) is 0 Å². The number of ether oxygens (including phenoxy) is 2. The normalized spacial score (nSPS) is 13.5. The van der Waals surface area contributed by atoms with Crippen LogP contribution in [0.1, 0.15) is 206 Å². The van der Waals surface area contributed by atoms with Gasteiger partial charge in [-0.3, -0.25) is 18.6 Å². The summed E-state index contributed by atoms with van der Waals surface area (Å²) in [6.07, 6.45) is 42.4. The zero-order chi connectivity index (χ0) is 38.9. The quantitative estimate of drug-likeness (QED) is 0.0269. The Morgan fingerprint density at radius 2 is 0.981 bits per heavy atom. The van der Waals surface area contributed by atoms with Crippen molar-refractivity contribution in [1.82, 2.24) is 0 Å². The summed E-state index contributed by atoms with van der Waals surface area (Å²) in [5.41, 5.74) is 5.33. The van der Waals surface area contributed by atoms with E-state index in [1.807, 2.05) is 0 Å². The van der Waals surface area contributed by atoms with E-state index in [1.54, 1.807) is 0 Å². The van der Waals surface area contributed by atoms with E-state index in [4.69, 9.17) is 24.3 Å². The molecule has 10 heteroatoms. The molecule has 0 heterocycles. The number of phosphoric ester groups is 1. The molecule has 9 nitrogen and oxygen atoms in total. The minimum absolute atomic E-state index is 0.0549. The lowest BCUT2D eigenvalue weighted by atomic mass is 10.0. The molecule has 0 aliphatic heterocycles. The predicted molar refractivity (Wildman–Crippen MR) is 220 cm³/mol. The van der Waals surface area contributed by atoms with Gasteiger partial charge < -0.3 is 20.1 Å². The van der Waals surface area contributed by atoms with Gasteiger partial charge in [0, 0.05) is 19.4 Å². The predicted octanol–water partition coefficient (Wildman–Crippen LogP) is 12.4. The van der Waals surface area contributed by atoms with Crippen LogP contribution in [0.15, 0.2) is 24.3 Å². The fourth-order valence-electron chi connectivity index (χ4n) is 6.08. The Morgan fingerprint density at radius 3 is 1.43 bits per heavy atom. The number of nitrogens with two attached hydrogens (primary N) is 1. The van der Waals surface area contributed by atoms with Crippen molar-refractivity contribution in [2.45, 2.75) is 213 Å². The number of rotatable bonds is 41. The van der Waals surface area contributed by atoms with Crippen LogP contribution in [-0.4, -0.2) is 49.3 Å². The van der Waals surface area contributed by atoms with Crippen LogP contribution in [0, 0.1) is 0 Å². The molecule has 0 aliphatic carbocycles. The number of carbonyl (C=O) groups is 2. The standard InChI is InChI=1S/C43H82NO8P/c1-3-5-7-9-11-12-13-14-15-16-17-18-19-20-21-22-23-24-25-26-27-28-30-32-34-36-43(46)52-41(40-51-53(47,48)50-38-37-44)39-49-42(45)35-33-31-29-10-8-6-4-2/h13-14,16-17,41H,3-12,15,18-40,44H2,1-2H3,(H,47,48)/b14-13-,17-16-. The first-order chi connectivity index (χ1) is 25.8. The summed E-state index contributed by atoms with van der Waals surface area (Å²) in [5, 5.41) is 0. The molecule has 312 valence electrons. The van der Waals surface area contributed by atoms with E-state index in [9.17, 15) is 19.0 Å². The van der Waals surface area contributed by atoms with Crippen LogP contribution in [0.2, 0.25) is 0 Å². The van der Waals surface area contributed by atoms with Gasteiger partial charge in [-0.2, -0.15) is 0 Å².